The maximum absolute atomic E-state index is 13.0. The number of carbonyl (C=O) groups is 1. The van der Waals surface area contributed by atoms with Crippen LogP contribution in [-0.2, 0) is 10.2 Å². The first-order chi connectivity index (χ1) is 18.0. The number of aromatic nitrogens is 1. The zero-order chi connectivity index (χ0) is 25.4. The van der Waals surface area contributed by atoms with Crippen molar-refractivity contribution in [2.45, 2.75) is 49.7 Å². The van der Waals surface area contributed by atoms with Crippen LogP contribution in [0.1, 0.15) is 48.0 Å². The van der Waals surface area contributed by atoms with E-state index >= 15 is 0 Å². The van der Waals surface area contributed by atoms with Gasteiger partial charge in [-0.2, -0.15) is 0 Å². The summed E-state index contributed by atoms with van der Waals surface area (Å²) >= 11 is 0. The molecule has 6 rings (SSSR count). The molecule has 1 amide bonds. The molecule has 1 aromatic carbocycles. The Morgan fingerprint density at radius 2 is 1.81 bits per heavy atom. The number of morpholine rings is 1. The summed E-state index contributed by atoms with van der Waals surface area (Å²) in [6, 6.07) is 10.8. The standard InChI is InChI=1S/C29H39N5O3/c30-27-26(28(36)32-24-5-7-25(35)8-6-24)15-21(17-31-27)20-1-3-22(4-2-20)29-16-23(29)18-34(19-29)10-9-33-11-13-37-14-12-33/h1-4,15,17,23-25,35H,5-14,16,18-19H2,(H2,30,31)(H,32,36)/t23-,24?,25?,29+/m1/s1. The van der Waals surface area contributed by atoms with Gasteiger partial charge in [-0.25, -0.2) is 4.98 Å². The van der Waals surface area contributed by atoms with Crippen LogP contribution in [0.5, 0.6) is 0 Å². The third-order valence-electron chi connectivity index (χ3n) is 9.04. The number of ether oxygens (including phenoxy) is 1. The van der Waals surface area contributed by atoms with Gasteiger partial charge in [0.15, 0.2) is 0 Å². The van der Waals surface area contributed by atoms with Gasteiger partial charge in [0.05, 0.1) is 24.9 Å². The molecule has 4 fully saturated rings. The van der Waals surface area contributed by atoms with Gasteiger partial charge in [0, 0.05) is 62.5 Å². The topological polar surface area (TPSA) is 104 Å². The van der Waals surface area contributed by atoms with Crippen LogP contribution in [0.15, 0.2) is 36.5 Å². The highest BCUT2D eigenvalue weighted by atomic mass is 16.5. The van der Waals surface area contributed by atoms with Gasteiger partial charge >= 0.3 is 0 Å². The molecule has 3 heterocycles. The lowest BCUT2D eigenvalue weighted by Gasteiger charge is -2.29. The van der Waals surface area contributed by atoms with E-state index in [4.69, 9.17) is 10.5 Å². The molecule has 0 spiro atoms. The summed E-state index contributed by atoms with van der Waals surface area (Å²) in [7, 11) is 0. The Labute approximate surface area is 219 Å². The van der Waals surface area contributed by atoms with Gasteiger partial charge in [0.1, 0.15) is 5.82 Å². The van der Waals surface area contributed by atoms with Gasteiger partial charge in [-0.1, -0.05) is 24.3 Å². The number of likely N-dealkylation sites (tertiary alicyclic amines) is 1. The molecule has 198 valence electrons. The summed E-state index contributed by atoms with van der Waals surface area (Å²) in [5, 5.41) is 12.8. The Kier molecular flexibility index (Phi) is 6.92. The fourth-order valence-corrected chi connectivity index (χ4v) is 6.60. The quantitative estimate of drug-likeness (QED) is 0.530. The molecule has 8 nitrogen and oxygen atoms in total. The van der Waals surface area contributed by atoms with E-state index in [0.717, 1.165) is 88.7 Å². The Bertz CT molecular complexity index is 1110. The number of nitrogen functional groups attached to an aromatic ring is 1. The molecule has 0 radical (unpaired) electrons. The van der Waals surface area contributed by atoms with Gasteiger partial charge in [-0.15, -0.1) is 0 Å². The third-order valence-corrected chi connectivity index (χ3v) is 9.04. The number of aliphatic hydroxyl groups excluding tert-OH is 1. The van der Waals surface area contributed by atoms with Gasteiger partial charge in [0.2, 0.25) is 0 Å². The molecule has 4 N–H and O–H groups in total. The van der Waals surface area contributed by atoms with Crippen LogP contribution in [0.25, 0.3) is 11.1 Å². The second-order valence-corrected chi connectivity index (χ2v) is 11.5. The molecule has 2 saturated heterocycles. The monoisotopic (exact) mass is 505 g/mol. The fraction of sp³-hybridized carbons (Fsp3) is 0.586. The van der Waals surface area contributed by atoms with Gasteiger partial charge < -0.3 is 25.8 Å². The molecular formula is C29H39N5O3. The van der Waals surface area contributed by atoms with Crippen LogP contribution >= 0.6 is 0 Å². The zero-order valence-electron chi connectivity index (χ0n) is 21.6. The smallest absolute Gasteiger partial charge is 0.255 e. The van der Waals surface area contributed by atoms with Crippen molar-refractivity contribution in [2.75, 3.05) is 58.2 Å². The minimum atomic E-state index is -0.251. The number of pyridine rings is 1. The van der Waals surface area contributed by atoms with E-state index < -0.39 is 0 Å². The molecule has 2 aliphatic carbocycles. The number of rotatable bonds is 7. The van der Waals surface area contributed by atoms with Crippen LogP contribution in [0.4, 0.5) is 5.82 Å². The molecule has 2 aliphatic heterocycles. The Hall–Kier alpha value is -2.52. The number of nitrogens with two attached hydrogens (primary N) is 1. The zero-order valence-corrected chi connectivity index (χ0v) is 21.6. The van der Waals surface area contributed by atoms with Crippen LogP contribution in [-0.4, -0.2) is 90.4 Å². The van der Waals surface area contributed by atoms with Crippen molar-refractivity contribution < 1.29 is 14.6 Å². The van der Waals surface area contributed by atoms with Crippen molar-refractivity contribution in [2.24, 2.45) is 5.92 Å². The Balaban J connectivity index is 1.09. The number of nitrogens with zero attached hydrogens (tertiary/aromatic N) is 3. The van der Waals surface area contributed by atoms with E-state index in [0.29, 0.717) is 11.0 Å². The predicted molar refractivity (Wildman–Crippen MR) is 143 cm³/mol. The molecule has 0 bridgehead atoms. The average molecular weight is 506 g/mol. The molecule has 4 aliphatic rings. The number of piperidine rings is 1. The summed E-state index contributed by atoms with van der Waals surface area (Å²) in [4.78, 5) is 22.4. The normalized spacial score (nSPS) is 30.1. The molecule has 8 heteroatoms. The molecule has 2 atom stereocenters. The van der Waals surface area contributed by atoms with E-state index in [9.17, 15) is 9.90 Å². The van der Waals surface area contributed by atoms with Crippen LogP contribution in [0, 0.1) is 5.92 Å². The van der Waals surface area contributed by atoms with Crippen molar-refractivity contribution >= 4 is 11.7 Å². The van der Waals surface area contributed by atoms with Crippen molar-refractivity contribution in [1.82, 2.24) is 20.1 Å². The second kappa shape index (κ2) is 10.3. The maximum atomic E-state index is 13.0. The lowest BCUT2D eigenvalue weighted by Crippen LogP contribution is -2.41. The SMILES string of the molecule is Nc1ncc(-c2ccc([C@@]34C[C@@H]3CN(CCN3CCOCC3)C4)cc2)cc1C(=O)NC1CCC(O)CC1. The lowest BCUT2D eigenvalue weighted by molar-refractivity contribution is 0.0338. The summed E-state index contributed by atoms with van der Waals surface area (Å²) in [6.45, 7) is 8.45. The summed E-state index contributed by atoms with van der Waals surface area (Å²) in [6.07, 6.45) is 5.80. The molecule has 37 heavy (non-hydrogen) atoms. The molecule has 2 aromatic rings. The van der Waals surface area contributed by atoms with Crippen LogP contribution in [0.2, 0.25) is 0 Å². The first-order valence-electron chi connectivity index (χ1n) is 13.9. The van der Waals surface area contributed by atoms with E-state index in [1.54, 1.807) is 6.20 Å². The number of benzene rings is 1. The molecule has 2 saturated carbocycles. The van der Waals surface area contributed by atoms with Crippen molar-refractivity contribution in [3.63, 3.8) is 0 Å². The molecular weight excluding hydrogens is 466 g/mol. The van der Waals surface area contributed by atoms with E-state index in [1.807, 2.05) is 6.07 Å². The minimum absolute atomic E-state index is 0.0730. The Morgan fingerprint density at radius 3 is 2.57 bits per heavy atom. The third kappa shape index (κ3) is 5.25. The van der Waals surface area contributed by atoms with Crippen molar-refractivity contribution in [1.29, 1.82) is 0 Å². The molecule has 1 aromatic heterocycles. The Morgan fingerprint density at radius 1 is 1.08 bits per heavy atom. The number of hydrogen-bond acceptors (Lipinski definition) is 7. The number of amides is 1. The number of hydrogen-bond donors (Lipinski definition) is 3. The first-order valence-corrected chi connectivity index (χ1v) is 13.9. The van der Waals surface area contributed by atoms with Gasteiger partial charge in [-0.3, -0.25) is 9.69 Å². The summed E-state index contributed by atoms with van der Waals surface area (Å²) in [5.41, 5.74) is 10.2. The first kappa shape index (κ1) is 24.8. The second-order valence-electron chi connectivity index (χ2n) is 11.5. The largest absolute Gasteiger partial charge is 0.393 e. The average Bonchev–Trinajstić information content (AvgIpc) is 3.50. The van der Waals surface area contributed by atoms with Crippen molar-refractivity contribution in [3.8, 4) is 11.1 Å². The number of nitrogens with one attached hydrogen (secondary N) is 1. The fourth-order valence-electron chi connectivity index (χ4n) is 6.60. The number of aliphatic hydroxyl groups is 1. The van der Waals surface area contributed by atoms with Crippen LogP contribution < -0.4 is 11.1 Å². The predicted octanol–water partition coefficient (Wildman–Crippen LogP) is 2.27. The number of fused-ring (bicyclic) bond motifs is 1. The number of anilines is 1. The van der Waals surface area contributed by atoms with Crippen molar-refractivity contribution in [3.05, 3.63) is 47.7 Å². The minimum Gasteiger partial charge on any atom is -0.393 e. The maximum Gasteiger partial charge on any atom is 0.255 e. The number of carbonyl (C=O) groups excluding carboxylic acids is 1. The summed E-state index contributed by atoms with van der Waals surface area (Å²) in [5.74, 6) is 0.821. The van der Waals surface area contributed by atoms with E-state index in [1.165, 1.54) is 18.5 Å². The summed E-state index contributed by atoms with van der Waals surface area (Å²) < 4.78 is 5.48. The highest BCUT2D eigenvalue weighted by Crippen LogP contribution is 2.59. The highest BCUT2D eigenvalue weighted by Gasteiger charge is 2.60. The highest BCUT2D eigenvalue weighted by molar-refractivity contribution is 5.99. The van der Waals surface area contributed by atoms with E-state index in [2.05, 4.69) is 44.4 Å². The lowest BCUT2D eigenvalue weighted by atomic mass is 9.92. The van der Waals surface area contributed by atoms with Gasteiger partial charge in [0.25, 0.3) is 5.91 Å². The van der Waals surface area contributed by atoms with E-state index in [-0.39, 0.29) is 23.9 Å². The van der Waals surface area contributed by atoms with Gasteiger partial charge in [-0.05, 0) is 55.2 Å². The molecule has 0 unspecified atom stereocenters. The van der Waals surface area contributed by atoms with Crippen LogP contribution in [0.3, 0.4) is 0 Å².